The Kier molecular flexibility index (Phi) is 6.91. The molecule has 0 rings (SSSR count). The van der Waals surface area contributed by atoms with Gasteiger partial charge in [0.15, 0.2) is 17.4 Å². The van der Waals surface area contributed by atoms with E-state index >= 15 is 0 Å². The van der Waals surface area contributed by atoms with Crippen molar-refractivity contribution in [3.05, 3.63) is 10.2 Å². The summed E-state index contributed by atoms with van der Waals surface area (Å²) in [7, 11) is 0. The Balaban J connectivity index is 0. The Morgan fingerprint density at radius 1 is 1.71 bits per heavy atom. The average molecular weight is 228 g/mol. The number of carboxylic acid groups (broad SMARTS) is 1. The molecule has 0 spiro atoms. The molecule has 1 N–H and O–H groups in total. The first-order valence-electron chi connectivity index (χ1n) is 1.22. The second-order valence-corrected chi connectivity index (χ2v) is 2.01. The van der Waals surface area contributed by atoms with E-state index in [0.29, 0.717) is 0 Å². The van der Waals surface area contributed by atoms with Gasteiger partial charge in [-0.2, -0.15) is 0 Å². The lowest BCUT2D eigenvalue weighted by Gasteiger charge is -1.77. The van der Waals surface area contributed by atoms with E-state index in [2.05, 4.69) is 6.58 Å². The highest BCUT2D eigenvalue weighted by molar-refractivity contribution is 14.1. The van der Waals surface area contributed by atoms with E-state index in [-0.39, 0.29) is 20.9 Å². The number of carbonyl (C=O) groups is 1. The van der Waals surface area contributed by atoms with Gasteiger partial charge in [-0.3, -0.25) is 0 Å². The summed E-state index contributed by atoms with van der Waals surface area (Å²) in [5, 5.41) is 7.88. The summed E-state index contributed by atoms with van der Waals surface area (Å²) in [6.45, 7) is 3.14. The van der Waals surface area contributed by atoms with Crippen LogP contribution in [-0.4, -0.2) is 28.4 Å². The number of aliphatic carboxylic acids is 1. The van der Waals surface area contributed by atoms with Crippen molar-refractivity contribution in [1.29, 1.82) is 0 Å². The quantitative estimate of drug-likeness (QED) is 0.384. The van der Waals surface area contributed by atoms with Gasteiger partial charge in [0, 0.05) is 0 Å². The molecule has 0 aliphatic heterocycles. The Hall–Kier alpha value is 0.472. The van der Waals surface area contributed by atoms with Gasteiger partial charge in [0.2, 0.25) is 0 Å². The number of hydrogen-bond donors (Lipinski definition) is 1. The molecule has 0 unspecified atom stereocenters. The minimum Gasteiger partial charge on any atom is -0.477 e. The van der Waals surface area contributed by atoms with E-state index in [1.165, 1.54) is 0 Å². The largest absolute Gasteiger partial charge is 0.477 e. The highest BCUT2D eigenvalue weighted by Gasteiger charge is 1.92. The number of hydrogen-bond acceptors (Lipinski definition) is 1. The molecule has 0 heterocycles. The molecule has 0 fully saturated rings. The van der Waals surface area contributed by atoms with Crippen LogP contribution in [0, 0.1) is 0 Å². The van der Waals surface area contributed by atoms with Gasteiger partial charge in [-0.1, -0.05) is 6.58 Å². The van der Waals surface area contributed by atoms with E-state index in [1.807, 2.05) is 0 Å². The second-order valence-electron chi connectivity index (χ2n) is 0.710. The highest BCUT2D eigenvalue weighted by atomic mass is 127. The molecule has 40 valence electrons. The van der Waals surface area contributed by atoms with Crippen molar-refractivity contribution in [3.63, 3.8) is 0 Å². The number of rotatable bonds is 1. The molecule has 0 atom stereocenters. The van der Waals surface area contributed by atoms with Crippen LogP contribution in [-0.2, 0) is 4.79 Å². The first-order chi connectivity index (χ1) is 2.64. The first kappa shape index (κ1) is 10.5. The maximum Gasteiger partial charge on any atom is 0.341 e. The molecule has 0 radical (unpaired) electrons. The number of halogens is 1. The molecule has 0 aromatic rings. The van der Waals surface area contributed by atoms with Gasteiger partial charge in [0.1, 0.15) is 0 Å². The predicted molar refractivity (Wildman–Crippen MR) is 40.7 cm³/mol. The van der Waals surface area contributed by atoms with Gasteiger partial charge in [-0.15, -0.1) is 0 Å². The standard InChI is InChI=1S/C3H3IO2.Al.3H/c1-2(4)3(5)6;;;;/h1H2,(H,5,6);;;;. The van der Waals surface area contributed by atoms with Gasteiger partial charge in [-0.25, -0.2) is 4.79 Å². The van der Waals surface area contributed by atoms with E-state index in [9.17, 15) is 4.79 Å². The van der Waals surface area contributed by atoms with E-state index in [0.717, 1.165) is 0 Å². The van der Waals surface area contributed by atoms with Gasteiger partial charge in [-0.05, 0) is 22.6 Å². The van der Waals surface area contributed by atoms with Gasteiger partial charge in [0.25, 0.3) is 0 Å². The summed E-state index contributed by atoms with van der Waals surface area (Å²) in [5.74, 6) is -0.949. The van der Waals surface area contributed by atoms with Crippen LogP contribution >= 0.6 is 22.6 Å². The van der Waals surface area contributed by atoms with Crippen molar-refractivity contribution >= 4 is 45.9 Å². The summed E-state index contributed by atoms with van der Waals surface area (Å²) in [5.41, 5.74) is 0. The van der Waals surface area contributed by atoms with Crippen LogP contribution in [0.4, 0.5) is 0 Å². The number of carboxylic acids is 1. The summed E-state index contributed by atoms with van der Waals surface area (Å²) in [4.78, 5) is 9.59. The predicted octanol–water partition coefficient (Wildman–Crippen LogP) is -0.164. The minimum atomic E-state index is -0.949. The van der Waals surface area contributed by atoms with Gasteiger partial charge < -0.3 is 5.11 Å². The van der Waals surface area contributed by atoms with Crippen LogP contribution in [0.3, 0.4) is 0 Å². The molecule has 0 saturated carbocycles. The van der Waals surface area contributed by atoms with Crippen molar-refractivity contribution in [1.82, 2.24) is 0 Å². The fourth-order valence-electron chi connectivity index (χ4n) is 0. The van der Waals surface area contributed by atoms with E-state index in [4.69, 9.17) is 5.11 Å². The van der Waals surface area contributed by atoms with Crippen molar-refractivity contribution in [2.45, 2.75) is 0 Å². The lowest BCUT2D eigenvalue weighted by molar-refractivity contribution is -0.131. The molecule has 0 aromatic heterocycles. The molecule has 0 aliphatic rings. The fraction of sp³-hybridized carbons (Fsp3) is 0. The minimum absolute atomic E-state index is 0. The molecule has 0 aromatic carbocycles. The third-order valence-electron chi connectivity index (χ3n) is 0.232. The fourth-order valence-corrected chi connectivity index (χ4v) is 0. The van der Waals surface area contributed by atoms with Gasteiger partial charge >= 0.3 is 5.97 Å². The Morgan fingerprint density at radius 3 is 1.86 bits per heavy atom. The Labute approximate surface area is 65.9 Å². The van der Waals surface area contributed by atoms with E-state index in [1.54, 1.807) is 22.6 Å². The van der Waals surface area contributed by atoms with Crippen molar-refractivity contribution in [2.75, 3.05) is 0 Å². The smallest absolute Gasteiger partial charge is 0.341 e. The topological polar surface area (TPSA) is 37.3 Å². The van der Waals surface area contributed by atoms with Gasteiger partial charge in [0.05, 0.1) is 3.58 Å². The maximum absolute atomic E-state index is 9.59. The van der Waals surface area contributed by atoms with Crippen molar-refractivity contribution < 1.29 is 9.90 Å². The Morgan fingerprint density at radius 2 is 1.86 bits per heavy atom. The molecule has 0 saturated heterocycles. The summed E-state index contributed by atoms with van der Waals surface area (Å²) < 4.78 is 0.146. The van der Waals surface area contributed by atoms with Crippen LogP contribution in [0.15, 0.2) is 10.2 Å². The molecule has 2 nitrogen and oxygen atoms in total. The normalized spacial score (nSPS) is 6.43. The van der Waals surface area contributed by atoms with Crippen molar-refractivity contribution in [2.24, 2.45) is 0 Å². The molecule has 4 heteroatoms. The second kappa shape index (κ2) is 4.63. The van der Waals surface area contributed by atoms with Crippen LogP contribution in [0.1, 0.15) is 0 Å². The Bertz CT molecular complexity index is 78.9. The average Bonchev–Trinajstić information content (AvgIpc) is 1.36. The van der Waals surface area contributed by atoms with E-state index < -0.39 is 5.97 Å². The zero-order chi connectivity index (χ0) is 5.15. The van der Waals surface area contributed by atoms with Crippen molar-refractivity contribution in [3.8, 4) is 0 Å². The summed E-state index contributed by atoms with van der Waals surface area (Å²) in [6, 6.07) is 0. The van der Waals surface area contributed by atoms with Crippen LogP contribution in [0.5, 0.6) is 0 Å². The highest BCUT2D eigenvalue weighted by Crippen LogP contribution is 1.98. The third kappa shape index (κ3) is 6.47. The van der Waals surface area contributed by atoms with Crippen LogP contribution in [0.2, 0.25) is 0 Å². The van der Waals surface area contributed by atoms with Crippen LogP contribution in [0.25, 0.3) is 0 Å². The lowest BCUT2D eigenvalue weighted by Crippen LogP contribution is -1.89. The molecule has 7 heavy (non-hydrogen) atoms. The molecule has 0 bridgehead atoms. The monoisotopic (exact) mass is 228 g/mol. The third-order valence-corrected chi connectivity index (χ3v) is 0.693. The summed E-state index contributed by atoms with van der Waals surface area (Å²) in [6.07, 6.45) is 0. The zero-order valence-corrected chi connectivity index (χ0v) is 5.10. The molecular formula is C3H6AlIO2. The maximum atomic E-state index is 9.59. The zero-order valence-electron chi connectivity index (χ0n) is 2.94. The van der Waals surface area contributed by atoms with Crippen LogP contribution < -0.4 is 0 Å². The molecular weight excluding hydrogens is 222 g/mol. The first-order valence-corrected chi connectivity index (χ1v) is 2.30. The molecule has 0 aliphatic carbocycles. The molecule has 0 amide bonds. The lowest BCUT2D eigenvalue weighted by atomic mass is 10.7. The SMILES string of the molecule is C=C(I)C(=O)O.[AlH3]. The summed E-state index contributed by atoms with van der Waals surface area (Å²) >= 11 is 1.64.